The molecule has 1 aliphatic rings. The molecular formula is C13H17BrClFN2. The molecule has 1 aromatic rings. The first-order valence-electron chi connectivity index (χ1n) is 6.14. The minimum atomic E-state index is -0.381. The predicted octanol–water partition coefficient (Wildman–Crippen LogP) is 4.18. The fourth-order valence-corrected chi connectivity index (χ4v) is 3.29. The van der Waals surface area contributed by atoms with Crippen molar-refractivity contribution in [2.24, 2.45) is 17.7 Å². The molecule has 1 saturated carbocycles. The fraction of sp³-hybridized carbons (Fsp3) is 0.538. The Morgan fingerprint density at radius 1 is 1.50 bits per heavy atom. The van der Waals surface area contributed by atoms with Crippen molar-refractivity contribution in [3.63, 3.8) is 0 Å². The van der Waals surface area contributed by atoms with Gasteiger partial charge >= 0.3 is 0 Å². The minimum Gasteiger partial charge on any atom is -0.271 e. The molecule has 0 bridgehead atoms. The highest BCUT2D eigenvalue weighted by molar-refractivity contribution is 9.10. The lowest BCUT2D eigenvalue weighted by molar-refractivity contribution is 0.353. The van der Waals surface area contributed by atoms with Gasteiger partial charge in [0.1, 0.15) is 5.82 Å². The van der Waals surface area contributed by atoms with Crippen LogP contribution in [0, 0.1) is 17.7 Å². The highest BCUT2D eigenvalue weighted by Gasteiger charge is 2.31. The second-order valence-corrected chi connectivity index (χ2v) is 6.32. The minimum absolute atomic E-state index is 0.124. The maximum Gasteiger partial charge on any atom is 0.147 e. The normalized spacial score (nSPS) is 25.4. The third-order valence-electron chi connectivity index (χ3n) is 3.79. The van der Waals surface area contributed by atoms with Crippen molar-refractivity contribution in [1.82, 2.24) is 5.43 Å². The molecule has 0 saturated heterocycles. The third kappa shape index (κ3) is 2.72. The first-order valence-corrected chi connectivity index (χ1v) is 7.31. The topological polar surface area (TPSA) is 38.0 Å². The summed E-state index contributed by atoms with van der Waals surface area (Å²) >= 11 is 9.15. The quantitative estimate of drug-likeness (QED) is 0.494. The van der Waals surface area contributed by atoms with Gasteiger partial charge in [-0.15, -0.1) is 0 Å². The Morgan fingerprint density at radius 3 is 2.78 bits per heavy atom. The smallest absolute Gasteiger partial charge is 0.147 e. The number of nitrogens with two attached hydrogens (primary N) is 1. The zero-order valence-electron chi connectivity index (χ0n) is 10.2. The average Bonchev–Trinajstić information content (AvgIpc) is 2.77. The summed E-state index contributed by atoms with van der Waals surface area (Å²) in [4.78, 5) is 0. The molecule has 3 N–H and O–H groups in total. The maximum atomic E-state index is 14.2. The molecule has 1 aliphatic carbocycles. The summed E-state index contributed by atoms with van der Waals surface area (Å²) in [6, 6.07) is 3.35. The van der Waals surface area contributed by atoms with Crippen molar-refractivity contribution in [3.05, 3.63) is 33.0 Å². The molecule has 3 unspecified atom stereocenters. The summed E-state index contributed by atoms with van der Waals surface area (Å²) < 4.78 is 14.8. The van der Waals surface area contributed by atoms with E-state index in [-0.39, 0.29) is 16.9 Å². The molecule has 0 aliphatic heterocycles. The van der Waals surface area contributed by atoms with Gasteiger partial charge in [-0.05, 0) is 46.7 Å². The van der Waals surface area contributed by atoms with Crippen LogP contribution in [0.1, 0.15) is 37.8 Å². The zero-order valence-corrected chi connectivity index (χ0v) is 12.6. The number of rotatable bonds is 3. The number of hydrogen-bond acceptors (Lipinski definition) is 2. The molecule has 5 heteroatoms. The molecule has 3 atom stereocenters. The second-order valence-electron chi connectivity index (χ2n) is 5.09. The number of benzene rings is 1. The monoisotopic (exact) mass is 334 g/mol. The van der Waals surface area contributed by atoms with Crippen molar-refractivity contribution >= 4 is 27.5 Å². The standard InChI is InChI=1S/C13H17BrClFN2/c1-7-2-3-8(6-7)13(18-17)9-4-5-10(14)11(15)12(9)16/h4-5,7-8,13,18H,2-3,6,17H2,1H3. The highest BCUT2D eigenvalue weighted by atomic mass is 79.9. The Balaban J connectivity index is 2.30. The van der Waals surface area contributed by atoms with Crippen molar-refractivity contribution in [1.29, 1.82) is 0 Å². The first-order chi connectivity index (χ1) is 8.54. The van der Waals surface area contributed by atoms with Crippen LogP contribution in [-0.2, 0) is 0 Å². The molecular weight excluding hydrogens is 319 g/mol. The van der Waals surface area contributed by atoms with Crippen LogP contribution in [0.3, 0.4) is 0 Å². The van der Waals surface area contributed by atoms with Crippen LogP contribution in [0.2, 0.25) is 5.02 Å². The highest BCUT2D eigenvalue weighted by Crippen LogP contribution is 2.40. The summed E-state index contributed by atoms with van der Waals surface area (Å²) in [6.07, 6.45) is 3.32. The SMILES string of the molecule is CC1CCC(C(NN)c2ccc(Br)c(Cl)c2F)C1. The molecule has 0 spiro atoms. The summed E-state index contributed by atoms with van der Waals surface area (Å²) in [5, 5.41) is 0.124. The van der Waals surface area contributed by atoms with Crippen molar-refractivity contribution in [3.8, 4) is 0 Å². The number of hydrazine groups is 1. The van der Waals surface area contributed by atoms with Gasteiger partial charge in [0.05, 0.1) is 11.1 Å². The predicted molar refractivity (Wildman–Crippen MR) is 75.7 cm³/mol. The average molecular weight is 336 g/mol. The van der Waals surface area contributed by atoms with Gasteiger partial charge in [0.25, 0.3) is 0 Å². The van der Waals surface area contributed by atoms with Gasteiger partial charge in [-0.2, -0.15) is 0 Å². The van der Waals surface area contributed by atoms with Crippen LogP contribution in [-0.4, -0.2) is 0 Å². The summed E-state index contributed by atoms with van der Waals surface area (Å²) in [5.41, 5.74) is 3.31. The van der Waals surface area contributed by atoms with Crippen LogP contribution in [0.4, 0.5) is 4.39 Å². The number of nitrogens with one attached hydrogen (secondary N) is 1. The zero-order chi connectivity index (χ0) is 13.3. The molecule has 0 amide bonds. The second kappa shape index (κ2) is 5.87. The first kappa shape index (κ1) is 14.3. The van der Waals surface area contributed by atoms with Crippen molar-refractivity contribution in [2.75, 3.05) is 0 Å². The van der Waals surface area contributed by atoms with E-state index in [0.29, 0.717) is 21.9 Å². The summed E-state index contributed by atoms with van der Waals surface area (Å²) in [7, 11) is 0. The summed E-state index contributed by atoms with van der Waals surface area (Å²) in [6.45, 7) is 2.22. The Bertz CT molecular complexity index is 441. The van der Waals surface area contributed by atoms with Gasteiger partial charge < -0.3 is 0 Å². The Hall–Kier alpha value is -0.160. The van der Waals surface area contributed by atoms with Gasteiger partial charge in [0, 0.05) is 10.0 Å². The lowest BCUT2D eigenvalue weighted by atomic mass is 9.91. The van der Waals surface area contributed by atoms with E-state index in [9.17, 15) is 4.39 Å². The van der Waals surface area contributed by atoms with E-state index in [2.05, 4.69) is 28.3 Å². The van der Waals surface area contributed by atoms with Crippen molar-refractivity contribution < 1.29 is 4.39 Å². The Labute approximate surface area is 120 Å². The molecule has 1 fully saturated rings. The van der Waals surface area contributed by atoms with Crippen LogP contribution in [0.5, 0.6) is 0 Å². The fourth-order valence-electron chi connectivity index (χ4n) is 2.81. The Kier molecular flexibility index (Phi) is 4.64. The van der Waals surface area contributed by atoms with Crippen LogP contribution in [0.25, 0.3) is 0 Å². The van der Waals surface area contributed by atoms with Gasteiger partial charge in [-0.1, -0.05) is 31.0 Å². The maximum absolute atomic E-state index is 14.2. The molecule has 0 aromatic heterocycles. The van der Waals surface area contributed by atoms with Gasteiger partial charge in [-0.3, -0.25) is 11.3 Å². The van der Waals surface area contributed by atoms with E-state index in [1.165, 1.54) is 6.42 Å². The van der Waals surface area contributed by atoms with E-state index in [1.54, 1.807) is 12.1 Å². The van der Waals surface area contributed by atoms with E-state index < -0.39 is 0 Å². The Morgan fingerprint density at radius 2 is 2.22 bits per heavy atom. The van der Waals surface area contributed by atoms with Crippen LogP contribution >= 0.6 is 27.5 Å². The molecule has 100 valence electrons. The molecule has 18 heavy (non-hydrogen) atoms. The van der Waals surface area contributed by atoms with Crippen molar-refractivity contribution in [2.45, 2.75) is 32.2 Å². The number of halogens is 3. The summed E-state index contributed by atoms with van der Waals surface area (Å²) in [5.74, 6) is 6.29. The van der Waals surface area contributed by atoms with Gasteiger partial charge in [0.15, 0.2) is 0 Å². The van der Waals surface area contributed by atoms with Crippen LogP contribution in [0.15, 0.2) is 16.6 Å². The van der Waals surface area contributed by atoms with E-state index in [1.807, 2.05) is 0 Å². The molecule has 2 nitrogen and oxygen atoms in total. The largest absolute Gasteiger partial charge is 0.271 e. The van der Waals surface area contributed by atoms with Gasteiger partial charge in [-0.25, -0.2) is 4.39 Å². The van der Waals surface area contributed by atoms with Crippen LogP contribution < -0.4 is 11.3 Å². The lowest BCUT2D eigenvalue weighted by Crippen LogP contribution is -2.33. The van der Waals surface area contributed by atoms with Gasteiger partial charge in [0.2, 0.25) is 0 Å². The van der Waals surface area contributed by atoms with E-state index >= 15 is 0 Å². The molecule has 1 aromatic carbocycles. The molecule has 2 rings (SSSR count). The number of hydrogen-bond donors (Lipinski definition) is 2. The molecule has 0 heterocycles. The van der Waals surface area contributed by atoms with E-state index in [4.69, 9.17) is 17.4 Å². The third-order valence-corrected chi connectivity index (χ3v) is 5.05. The molecule has 0 radical (unpaired) electrons. The van der Waals surface area contributed by atoms with E-state index in [0.717, 1.165) is 12.8 Å². The lowest BCUT2D eigenvalue weighted by Gasteiger charge is -2.24.